The molecule has 0 radical (unpaired) electrons. The van der Waals surface area contributed by atoms with E-state index in [-0.39, 0.29) is 5.75 Å². The van der Waals surface area contributed by atoms with Crippen molar-refractivity contribution < 1.29 is 5.11 Å². The molecular weight excluding hydrogens is 244 g/mol. The van der Waals surface area contributed by atoms with Crippen LogP contribution in [0.3, 0.4) is 0 Å². The smallest absolute Gasteiger partial charge is 0.147 e. The van der Waals surface area contributed by atoms with Crippen LogP contribution in [-0.2, 0) is 6.42 Å². The molecule has 0 aliphatic heterocycles. The van der Waals surface area contributed by atoms with Crippen LogP contribution in [-0.4, -0.2) is 10.1 Å². The van der Waals surface area contributed by atoms with Gasteiger partial charge in [0.05, 0.1) is 20.9 Å². The minimum Gasteiger partial charge on any atom is -0.505 e. The Labute approximate surface area is 109 Å². The predicted molar refractivity (Wildman–Crippen MR) is 77.2 cm³/mol. The molecule has 1 heterocycles. The Hall–Kier alpha value is -1.81. The number of aryl methyl sites for hydroxylation is 1. The zero-order chi connectivity index (χ0) is 12.7. The van der Waals surface area contributed by atoms with Crippen molar-refractivity contribution in [3.8, 4) is 5.75 Å². The first-order valence-electron chi connectivity index (χ1n) is 6.01. The second-order valence-electron chi connectivity index (χ2n) is 4.34. The lowest BCUT2D eigenvalue weighted by molar-refractivity contribution is 0.485. The summed E-state index contributed by atoms with van der Waals surface area (Å²) in [5, 5.41) is 13.0. The summed E-state index contributed by atoms with van der Waals surface area (Å²) in [6, 6.07) is 7.70. The summed E-state index contributed by atoms with van der Waals surface area (Å²) in [5.41, 5.74) is 7.37. The zero-order valence-corrected chi connectivity index (χ0v) is 10.9. The first-order valence-corrected chi connectivity index (χ1v) is 6.82. The summed E-state index contributed by atoms with van der Waals surface area (Å²) in [6.45, 7) is 2.13. The number of hydrogen-bond acceptors (Lipinski definition) is 4. The van der Waals surface area contributed by atoms with E-state index in [1.165, 1.54) is 0 Å². The van der Waals surface area contributed by atoms with Gasteiger partial charge in [-0.3, -0.25) is 0 Å². The molecular formula is C14H14N2OS. The van der Waals surface area contributed by atoms with E-state index in [1.807, 2.05) is 24.3 Å². The van der Waals surface area contributed by atoms with Gasteiger partial charge < -0.3 is 10.8 Å². The lowest BCUT2D eigenvalue weighted by Gasteiger charge is -2.05. The van der Waals surface area contributed by atoms with Crippen LogP contribution in [0.15, 0.2) is 24.3 Å². The van der Waals surface area contributed by atoms with Crippen LogP contribution in [0, 0.1) is 0 Å². The molecule has 18 heavy (non-hydrogen) atoms. The van der Waals surface area contributed by atoms with E-state index in [9.17, 15) is 5.11 Å². The number of phenolic OH excluding ortho intramolecular Hbond substituents is 1. The third-order valence-electron chi connectivity index (χ3n) is 3.07. The van der Waals surface area contributed by atoms with Gasteiger partial charge in [-0.1, -0.05) is 31.2 Å². The molecule has 0 unspecified atom stereocenters. The van der Waals surface area contributed by atoms with Gasteiger partial charge in [-0.05, 0) is 12.8 Å². The molecule has 2 aromatic carbocycles. The van der Waals surface area contributed by atoms with E-state index < -0.39 is 0 Å². The molecule has 0 bridgehead atoms. The fourth-order valence-electron chi connectivity index (χ4n) is 2.20. The molecule has 3 aromatic rings. The monoisotopic (exact) mass is 258 g/mol. The Morgan fingerprint density at radius 3 is 2.72 bits per heavy atom. The topological polar surface area (TPSA) is 59.1 Å². The number of rotatable bonds is 2. The maximum atomic E-state index is 10.1. The van der Waals surface area contributed by atoms with Gasteiger partial charge in [0.2, 0.25) is 0 Å². The van der Waals surface area contributed by atoms with Crippen molar-refractivity contribution in [2.24, 2.45) is 0 Å². The number of nitrogens with two attached hydrogens (primary N) is 1. The summed E-state index contributed by atoms with van der Waals surface area (Å²) >= 11 is 1.58. The normalized spacial score (nSPS) is 11.4. The number of anilines is 1. The first kappa shape index (κ1) is 11.3. The van der Waals surface area contributed by atoms with Crippen molar-refractivity contribution in [3.05, 3.63) is 29.3 Å². The van der Waals surface area contributed by atoms with Crippen LogP contribution in [0.1, 0.15) is 18.4 Å². The van der Waals surface area contributed by atoms with Crippen molar-refractivity contribution in [1.82, 2.24) is 4.98 Å². The molecule has 0 saturated carbocycles. The van der Waals surface area contributed by atoms with Crippen LogP contribution in [0.25, 0.3) is 21.0 Å². The molecule has 0 saturated heterocycles. The summed E-state index contributed by atoms with van der Waals surface area (Å²) in [7, 11) is 0. The third-order valence-corrected chi connectivity index (χ3v) is 4.22. The van der Waals surface area contributed by atoms with Crippen LogP contribution >= 0.6 is 11.3 Å². The number of fused-ring (bicyclic) bond motifs is 3. The summed E-state index contributed by atoms with van der Waals surface area (Å²) in [6.07, 6.45) is 2.01. The fraction of sp³-hybridized carbons (Fsp3) is 0.214. The molecule has 3 nitrogen and oxygen atoms in total. The van der Waals surface area contributed by atoms with E-state index in [4.69, 9.17) is 5.73 Å². The molecule has 0 fully saturated rings. The Morgan fingerprint density at radius 1 is 1.28 bits per heavy atom. The Bertz CT molecular complexity index is 733. The standard InChI is InChI=1S/C14H14N2OS/c1-2-5-10-16-12-8-6-3-4-7-9(8)13(17)11(15)14(12)18-10/h3-4,6-7,17H,2,5,15H2,1H3. The molecule has 0 amide bonds. The predicted octanol–water partition coefficient (Wildman–Crippen LogP) is 3.69. The minimum absolute atomic E-state index is 0.171. The van der Waals surface area contributed by atoms with Gasteiger partial charge in [0.1, 0.15) is 5.75 Å². The van der Waals surface area contributed by atoms with Crippen LogP contribution in [0.2, 0.25) is 0 Å². The van der Waals surface area contributed by atoms with Gasteiger partial charge >= 0.3 is 0 Å². The molecule has 0 atom stereocenters. The van der Waals surface area contributed by atoms with Crippen molar-refractivity contribution >= 4 is 38.0 Å². The Kier molecular flexibility index (Phi) is 2.59. The van der Waals surface area contributed by atoms with Gasteiger partial charge in [0.15, 0.2) is 0 Å². The highest BCUT2D eigenvalue weighted by atomic mass is 32.1. The van der Waals surface area contributed by atoms with Crippen molar-refractivity contribution in [2.45, 2.75) is 19.8 Å². The van der Waals surface area contributed by atoms with Crippen molar-refractivity contribution in [2.75, 3.05) is 5.73 Å². The maximum absolute atomic E-state index is 10.1. The number of hydrogen-bond donors (Lipinski definition) is 2. The van der Waals surface area contributed by atoms with Gasteiger partial charge in [-0.2, -0.15) is 0 Å². The lowest BCUT2D eigenvalue weighted by atomic mass is 10.1. The molecule has 0 aliphatic rings. The number of benzene rings is 2. The van der Waals surface area contributed by atoms with Crippen molar-refractivity contribution in [1.29, 1.82) is 0 Å². The highest BCUT2D eigenvalue weighted by Gasteiger charge is 2.15. The fourth-order valence-corrected chi connectivity index (χ4v) is 3.34. The largest absolute Gasteiger partial charge is 0.505 e. The second-order valence-corrected chi connectivity index (χ2v) is 5.43. The van der Waals surface area contributed by atoms with E-state index in [1.54, 1.807) is 11.3 Å². The molecule has 0 spiro atoms. The SMILES string of the molecule is CCCc1nc2c(s1)c(N)c(O)c1ccccc12. The number of nitrogen functional groups attached to an aromatic ring is 1. The van der Waals surface area contributed by atoms with E-state index in [2.05, 4.69) is 11.9 Å². The first-order chi connectivity index (χ1) is 8.72. The molecule has 1 aromatic heterocycles. The highest BCUT2D eigenvalue weighted by molar-refractivity contribution is 7.19. The summed E-state index contributed by atoms with van der Waals surface area (Å²) < 4.78 is 0.898. The van der Waals surface area contributed by atoms with Gasteiger partial charge in [-0.15, -0.1) is 11.3 Å². The van der Waals surface area contributed by atoms with Crippen LogP contribution in [0.5, 0.6) is 5.75 Å². The molecule has 3 rings (SSSR count). The number of phenols is 1. The van der Waals surface area contributed by atoms with Gasteiger partial charge in [-0.25, -0.2) is 4.98 Å². The van der Waals surface area contributed by atoms with Gasteiger partial charge in [0.25, 0.3) is 0 Å². The Morgan fingerprint density at radius 2 is 2.00 bits per heavy atom. The zero-order valence-electron chi connectivity index (χ0n) is 10.1. The highest BCUT2D eigenvalue weighted by Crippen LogP contribution is 2.41. The second kappa shape index (κ2) is 4.14. The Balaban J connectivity index is 2.45. The van der Waals surface area contributed by atoms with Crippen molar-refractivity contribution in [3.63, 3.8) is 0 Å². The lowest BCUT2D eigenvalue weighted by Crippen LogP contribution is -1.88. The minimum atomic E-state index is 0.171. The maximum Gasteiger partial charge on any atom is 0.147 e. The number of aromatic hydroxyl groups is 1. The number of aromatic nitrogens is 1. The van der Waals surface area contributed by atoms with E-state index in [0.717, 1.165) is 38.8 Å². The average Bonchev–Trinajstić information content (AvgIpc) is 2.81. The van der Waals surface area contributed by atoms with Crippen LogP contribution < -0.4 is 5.73 Å². The quantitative estimate of drug-likeness (QED) is 0.544. The molecule has 4 heteroatoms. The number of thiazole rings is 1. The third kappa shape index (κ3) is 1.53. The summed E-state index contributed by atoms with van der Waals surface area (Å²) in [4.78, 5) is 4.66. The van der Waals surface area contributed by atoms with E-state index in [0.29, 0.717) is 5.69 Å². The number of nitrogens with zero attached hydrogens (tertiary/aromatic N) is 1. The molecule has 0 aliphatic carbocycles. The van der Waals surface area contributed by atoms with Crippen LogP contribution in [0.4, 0.5) is 5.69 Å². The summed E-state index contributed by atoms with van der Waals surface area (Å²) in [5.74, 6) is 0.171. The molecule has 92 valence electrons. The average molecular weight is 258 g/mol. The van der Waals surface area contributed by atoms with Gasteiger partial charge in [0, 0.05) is 10.8 Å². The van der Waals surface area contributed by atoms with E-state index >= 15 is 0 Å². The molecule has 3 N–H and O–H groups in total.